The van der Waals surface area contributed by atoms with E-state index in [1.54, 1.807) is 4.90 Å². The molecule has 1 aliphatic heterocycles. The molecule has 2 amide bonds. The van der Waals surface area contributed by atoms with Gasteiger partial charge < -0.3 is 14.8 Å². The van der Waals surface area contributed by atoms with Crippen LogP contribution in [0.25, 0.3) is 0 Å². The van der Waals surface area contributed by atoms with Crippen LogP contribution in [0, 0.1) is 0 Å². The second-order valence-electron chi connectivity index (χ2n) is 4.63. The first-order chi connectivity index (χ1) is 8.18. The summed E-state index contributed by atoms with van der Waals surface area (Å²) in [4.78, 5) is 21.0. The molecular weight excluding hydrogens is 216 g/mol. The van der Waals surface area contributed by atoms with Crippen molar-refractivity contribution in [3.8, 4) is 0 Å². The number of carbonyl (C=O) groups is 1. The number of anilines is 1. The molecule has 1 aromatic heterocycles. The van der Waals surface area contributed by atoms with Crippen LogP contribution < -0.4 is 4.90 Å². The Balaban J connectivity index is 1.85. The first-order valence-electron chi connectivity index (χ1n) is 6.03. The summed E-state index contributed by atoms with van der Waals surface area (Å²) < 4.78 is 0. The molecule has 1 aromatic rings. The molecule has 0 aliphatic carbocycles. The number of carbonyl (C=O) groups excluding carboxylic acids is 1. The number of H-pyrrole nitrogens is 1. The second kappa shape index (κ2) is 5.23. The maximum atomic E-state index is 12.1. The molecule has 0 aromatic carbocycles. The Bertz CT molecular complexity index is 361. The zero-order chi connectivity index (χ0) is 12.3. The fraction of sp³-hybridized carbons (Fsp3) is 0.583. The highest BCUT2D eigenvalue weighted by Gasteiger charge is 2.29. The predicted octanol–water partition coefficient (Wildman–Crippen LogP) is 1.21. The third-order valence-corrected chi connectivity index (χ3v) is 3.00. The standard InChI is InChI=1S/C12H20N4O/c1-14(2)7-4-8-15-9-10-16(12(15)17)11-5-3-6-13-11/h3,5-6,13H,4,7-10H2,1-2H3. The molecule has 0 bridgehead atoms. The van der Waals surface area contributed by atoms with Crippen LogP contribution in [-0.4, -0.2) is 61.1 Å². The number of rotatable bonds is 5. The lowest BCUT2D eigenvalue weighted by Crippen LogP contribution is -2.33. The minimum Gasteiger partial charge on any atom is -0.348 e. The van der Waals surface area contributed by atoms with E-state index >= 15 is 0 Å². The highest BCUT2D eigenvalue weighted by molar-refractivity contribution is 5.93. The van der Waals surface area contributed by atoms with Crippen LogP contribution in [0.2, 0.25) is 0 Å². The van der Waals surface area contributed by atoms with Gasteiger partial charge in [-0.3, -0.25) is 4.90 Å². The van der Waals surface area contributed by atoms with Crippen molar-refractivity contribution in [2.45, 2.75) is 6.42 Å². The summed E-state index contributed by atoms with van der Waals surface area (Å²) in [5.41, 5.74) is 0. The van der Waals surface area contributed by atoms with Gasteiger partial charge in [-0.15, -0.1) is 0 Å². The van der Waals surface area contributed by atoms with Crippen LogP contribution in [-0.2, 0) is 0 Å². The van der Waals surface area contributed by atoms with Crippen LogP contribution in [0.1, 0.15) is 6.42 Å². The van der Waals surface area contributed by atoms with Crippen molar-refractivity contribution in [2.75, 3.05) is 45.2 Å². The Morgan fingerprint density at radius 3 is 2.88 bits per heavy atom. The van der Waals surface area contributed by atoms with Gasteiger partial charge in [0.15, 0.2) is 0 Å². The fourth-order valence-electron chi connectivity index (χ4n) is 2.08. The summed E-state index contributed by atoms with van der Waals surface area (Å²) in [5.74, 6) is 0.894. The number of amides is 2. The molecule has 1 N–H and O–H groups in total. The van der Waals surface area contributed by atoms with Gasteiger partial charge in [-0.2, -0.15) is 0 Å². The van der Waals surface area contributed by atoms with E-state index in [0.717, 1.165) is 38.4 Å². The minimum absolute atomic E-state index is 0.117. The molecule has 1 aliphatic rings. The Hall–Kier alpha value is -1.49. The largest absolute Gasteiger partial charge is 0.348 e. The van der Waals surface area contributed by atoms with Gasteiger partial charge in [0.05, 0.1) is 0 Å². The molecule has 1 saturated heterocycles. The maximum absolute atomic E-state index is 12.1. The summed E-state index contributed by atoms with van der Waals surface area (Å²) in [6.07, 6.45) is 2.87. The highest BCUT2D eigenvalue weighted by Crippen LogP contribution is 2.17. The van der Waals surface area contributed by atoms with E-state index in [4.69, 9.17) is 0 Å². The molecule has 17 heavy (non-hydrogen) atoms. The van der Waals surface area contributed by atoms with Crippen LogP contribution in [0.4, 0.5) is 10.6 Å². The third-order valence-electron chi connectivity index (χ3n) is 3.00. The molecule has 5 heteroatoms. The summed E-state index contributed by atoms with van der Waals surface area (Å²) in [7, 11) is 4.11. The summed E-state index contributed by atoms with van der Waals surface area (Å²) in [5, 5.41) is 0. The topological polar surface area (TPSA) is 42.6 Å². The van der Waals surface area contributed by atoms with Crippen LogP contribution >= 0.6 is 0 Å². The number of nitrogens with one attached hydrogen (secondary N) is 1. The van der Waals surface area contributed by atoms with E-state index < -0.39 is 0 Å². The number of urea groups is 1. The van der Waals surface area contributed by atoms with E-state index in [1.807, 2.05) is 23.2 Å². The molecule has 0 saturated carbocycles. The van der Waals surface area contributed by atoms with Crippen molar-refractivity contribution in [2.24, 2.45) is 0 Å². The van der Waals surface area contributed by atoms with Gasteiger partial charge in [-0.25, -0.2) is 4.79 Å². The second-order valence-corrected chi connectivity index (χ2v) is 4.63. The van der Waals surface area contributed by atoms with Gasteiger partial charge in [0.1, 0.15) is 5.82 Å². The van der Waals surface area contributed by atoms with Crippen molar-refractivity contribution in [1.29, 1.82) is 0 Å². The lowest BCUT2D eigenvalue weighted by molar-refractivity contribution is 0.218. The van der Waals surface area contributed by atoms with Gasteiger partial charge in [-0.1, -0.05) is 0 Å². The average molecular weight is 236 g/mol. The number of aromatic nitrogens is 1. The van der Waals surface area contributed by atoms with Crippen molar-refractivity contribution in [3.05, 3.63) is 18.3 Å². The molecule has 2 rings (SSSR count). The van der Waals surface area contributed by atoms with Crippen molar-refractivity contribution < 1.29 is 4.79 Å². The van der Waals surface area contributed by atoms with Gasteiger partial charge in [0, 0.05) is 25.8 Å². The first-order valence-corrected chi connectivity index (χ1v) is 6.03. The third kappa shape index (κ3) is 2.79. The predicted molar refractivity (Wildman–Crippen MR) is 68.3 cm³/mol. The monoisotopic (exact) mass is 236 g/mol. The van der Waals surface area contributed by atoms with Crippen molar-refractivity contribution in [1.82, 2.24) is 14.8 Å². The van der Waals surface area contributed by atoms with E-state index in [0.29, 0.717) is 0 Å². The smallest absolute Gasteiger partial charge is 0.325 e. The summed E-state index contributed by atoms with van der Waals surface area (Å²) in [6, 6.07) is 3.96. The number of hydrogen-bond donors (Lipinski definition) is 1. The van der Waals surface area contributed by atoms with Crippen LogP contribution in [0.15, 0.2) is 18.3 Å². The average Bonchev–Trinajstić information content (AvgIpc) is 2.88. The Kier molecular flexibility index (Phi) is 3.68. The van der Waals surface area contributed by atoms with E-state index in [1.165, 1.54) is 0 Å². The van der Waals surface area contributed by atoms with Gasteiger partial charge >= 0.3 is 6.03 Å². The first kappa shape index (κ1) is 12.0. The van der Waals surface area contributed by atoms with Crippen LogP contribution in [0.5, 0.6) is 0 Å². The van der Waals surface area contributed by atoms with E-state index in [2.05, 4.69) is 24.0 Å². The number of hydrogen-bond acceptors (Lipinski definition) is 2. The highest BCUT2D eigenvalue weighted by atomic mass is 16.2. The molecule has 2 heterocycles. The van der Waals surface area contributed by atoms with Gasteiger partial charge in [0.2, 0.25) is 0 Å². The summed E-state index contributed by atoms with van der Waals surface area (Å²) >= 11 is 0. The fourth-order valence-corrected chi connectivity index (χ4v) is 2.08. The summed E-state index contributed by atoms with van der Waals surface area (Å²) in [6.45, 7) is 3.47. The molecule has 0 radical (unpaired) electrons. The molecule has 0 spiro atoms. The van der Waals surface area contributed by atoms with E-state index in [9.17, 15) is 4.79 Å². The van der Waals surface area contributed by atoms with Crippen molar-refractivity contribution in [3.63, 3.8) is 0 Å². The molecule has 0 atom stereocenters. The molecule has 1 fully saturated rings. The minimum atomic E-state index is 0.117. The lowest BCUT2D eigenvalue weighted by atomic mass is 10.4. The quantitative estimate of drug-likeness (QED) is 0.835. The van der Waals surface area contributed by atoms with Crippen LogP contribution in [0.3, 0.4) is 0 Å². The van der Waals surface area contributed by atoms with Gasteiger partial charge in [-0.05, 0) is 39.2 Å². The zero-order valence-corrected chi connectivity index (χ0v) is 10.5. The van der Waals surface area contributed by atoms with Gasteiger partial charge in [0.25, 0.3) is 0 Å². The maximum Gasteiger partial charge on any atom is 0.325 e. The lowest BCUT2D eigenvalue weighted by Gasteiger charge is -2.18. The number of aromatic amines is 1. The zero-order valence-electron chi connectivity index (χ0n) is 10.5. The van der Waals surface area contributed by atoms with Crippen molar-refractivity contribution >= 4 is 11.8 Å². The molecular formula is C12H20N4O. The SMILES string of the molecule is CN(C)CCCN1CCN(c2ccc[nH]2)C1=O. The Labute approximate surface area is 102 Å². The normalized spacial score (nSPS) is 16.3. The molecule has 0 unspecified atom stereocenters. The Morgan fingerprint density at radius 1 is 1.41 bits per heavy atom. The molecule has 5 nitrogen and oxygen atoms in total. The van der Waals surface area contributed by atoms with E-state index in [-0.39, 0.29) is 6.03 Å². The molecule has 94 valence electrons. The Morgan fingerprint density at radius 2 is 2.24 bits per heavy atom. The number of nitrogens with zero attached hydrogens (tertiary/aromatic N) is 3.